The molecule has 0 fully saturated rings. The van der Waals surface area contributed by atoms with Gasteiger partial charge in [-0.15, -0.1) is 0 Å². The second kappa shape index (κ2) is 9.54. The number of carbonyl (C=O) groups excluding carboxylic acids is 2. The molecule has 0 saturated heterocycles. The number of hydrogen-bond donors (Lipinski definition) is 1. The van der Waals surface area contributed by atoms with Gasteiger partial charge in [-0.3, -0.25) is 19.7 Å². The van der Waals surface area contributed by atoms with E-state index in [0.29, 0.717) is 22.6 Å². The van der Waals surface area contributed by atoms with Crippen LogP contribution >= 0.6 is 0 Å². The third kappa shape index (κ3) is 5.22. The van der Waals surface area contributed by atoms with Gasteiger partial charge in [0.15, 0.2) is 11.5 Å². The number of benzene rings is 2. The molecule has 9 nitrogen and oxygen atoms in total. The summed E-state index contributed by atoms with van der Waals surface area (Å²) in [5.74, 6) is -0.162. The number of methoxy groups -OCH3 is 3. The summed E-state index contributed by atoms with van der Waals surface area (Å²) in [6, 6.07) is 8.43. The van der Waals surface area contributed by atoms with Gasteiger partial charge in [-0.2, -0.15) is 0 Å². The van der Waals surface area contributed by atoms with E-state index in [1.807, 2.05) is 0 Å². The summed E-state index contributed by atoms with van der Waals surface area (Å²) in [6.07, 6.45) is -0.133. The number of carbonyl (C=O) groups is 2. The highest BCUT2D eigenvalue weighted by molar-refractivity contribution is 5.95. The van der Waals surface area contributed by atoms with Gasteiger partial charge in [0, 0.05) is 17.2 Å². The minimum Gasteiger partial charge on any atom is -0.493 e. The molecule has 1 amide bonds. The molecule has 0 aliphatic carbocycles. The summed E-state index contributed by atoms with van der Waals surface area (Å²) in [6.45, 7) is 1.59. The standard InChI is InChI=1S/C20H22N2O7/c1-12-5-6-14(9-16(12)22(25)26)20(24)21-15(11-19(23)29-4)13-7-8-17(27-2)18(10-13)28-3/h5-10,15H,11H2,1-4H3,(H,21,24). The average Bonchev–Trinajstić information content (AvgIpc) is 2.72. The maximum absolute atomic E-state index is 12.7. The summed E-state index contributed by atoms with van der Waals surface area (Å²) < 4.78 is 15.2. The third-order valence-corrected chi connectivity index (χ3v) is 4.38. The van der Waals surface area contributed by atoms with Crippen molar-refractivity contribution in [2.75, 3.05) is 21.3 Å². The van der Waals surface area contributed by atoms with Gasteiger partial charge in [-0.05, 0) is 30.7 Å². The van der Waals surface area contributed by atoms with Gasteiger partial charge in [0.1, 0.15) is 0 Å². The molecule has 1 atom stereocenters. The highest BCUT2D eigenvalue weighted by atomic mass is 16.6. The minimum atomic E-state index is -0.741. The highest BCUT2D eigenvalue weighted by Crippen LogP contribution is 2.31. The molecular formula is C20H22N2O7. The molecule has 2 aromatic carbocycles. The van der Waals surface area contributed by atoms with E-state index in [1.165, 1.54) is 39.5 Å². The number of nitro benzene ring substituents is 1. The number of nitrogens with zero attached hydrogens (tertiary/aromatic N) is 1. The summed E-state index contributed by atoms with van der Waals surface area (Å²) in [4.78, 5) is 35.2. The van der Waals surface area contributed by atoms with Crippen LogP contribution in [0.2, 0.25) is 0 Å². The molecule has 0 aliphatic heterocycles. The number of nitro groups is 1. The minimum absolute atomic E-state index is 0.109. The Hall–Kier alpha value is -3.62. The van der Waals surface area contributed by atoms with Crippen LogP contribution in [-0.4, -0.2) is 38.1 Å². The lowest BCUT2D eigenvalue weighted by Crippen LogP contribution is -2.30. The Kier molecular flexibility index (Phi) is 7.13. The van der Waals surface area contributed by atoms with Crippen LogP contribution < -0.4 is 14.8 Å². The molecule has 0 aliphatic rings. The first-order valence-electron chi connectivity index (χ1n) is 8.65. The molecule has 0 aromatic heterocycles. The zero-order valence-corrected chi connectivity index (χ0v) is 16.6. The average molecular weight is 402 g/mol. The number of rotatable bonds is 8. The van der Waals surface area contributed by atoms with Gasteiger partial charge in [-0.25, -0.2) is 0 Å². The Morgan fingerprint density at radius 3 is 2.34 bits per heavy atom. The summed E-state index contributed by atoms with van der Waals surface area (Å²) in [5.41, 5.74) is 0.978. The monoisotopic (exact) mass is 402 g/mol. The quantitative estimate of drug-likeness (QED) is 0.410. The van der Waals surface area contributed by atoms with Gasteiger partial charge in [-0.1, -0.05) is 12.1 Å². The number of amides is 1. The predicted molar refractivity (Wildman–Crippen MR) is 104 cm³/mol. The number of ether oxygens (including phenoxy) is 3. The maximum atomic E-state index is 12.7. The van der Waals surface area contributed by atoms with Gasteiger partial charge in [0.25, 0.3) is 11.6 Å². The zero-order valence-electron chi connectivity index (χ0n) is 16.6. The van der Waals surface area contributed by atoms with Gasteiger partial charge < -0.3 is 19.5 Å². The van der Waals surface area contributed by atoms with Crippen LogP contribution in [0.5, 0.6) is 11.5 Å². The number of aryl methyl sites for hydroxylation is 1. The molecule has 2 rings (SSSR count). The van der Waals surface area contributed by atoms with Crippen LogP contribution in [0.1, 0.15) is 33.9 Å². The van der Waals surface area contributed by atoms with Gasteiger partial charge in [0.05, 0.1) is 38.7 Å². The topological polar surface area (TPSA) is 117 Å². The molecule has 2 aromatic rings. The Bertz CT molecular complexity index is 927. The van der Waals surface area contributed by atoms with Crippen molar-refractivity contribution in [3.05, 3.63) is 63.2 Å². The first-order chi connectivity index (χ1) is 13.8. The van der Waals surface area contributed by atoms with Crippen LogP contribution in [0.4, 0.5) is 5.69 Å². The second-order valence-corrected chi connectivity index (χ2v) is 6.18. The molecule has 0 saturated carbocycles. The fraction of sp³-hybridized carbons (Fsp3) is 0.300. The Morgan fingerprint density at radius 2 is 1.76 bits per heavy atom. The SMILES string of the molecule is COC(=O)CC(NC(=O)c1ccc(C)c([N+](=O)[O-])c1)c1ccc(OC)c(OC)c1. The smallest absolute Gasteiger partial charge is 0.307 e. The summed E-state index contributed by atoms with van der Waals surface area (Å²) in [5, 5.41) is 13.9. The molecule has 1 unspecified atom stereocenters. The first kappa shape index (κ1) is 21.7. The van der Waals surface area contributed by atoms with E-state index < -0.39 is 22.8 Å². The largest absolute Gasteiger partial charge is 0.493 e. The van der Waals surface area contributed by atoms with Crippen LogP contribution in [0.3, 0.4) is 0 Å². The van der Waals surface area contributed by atoms with Crippen molar-refractivity contribution in [3.8, 4) is 11.5 Å². The summed E-state index contributed by atoms with van der Waals surface area (Å²) >= 11 is 0. The van der Waals surface area contributed by atoms with E-state index in [0.717, 1.165) is 0 Å². The fourth-order valence-corrected chi connectivity index (χ4v) is 2.76. The lowest BCUT2D eigenvalue weighted by Gasteiger charge is -2.20. The second-order valence-electron chi connectivity index (χ2n) is 6.18. The van der Waals surface area contributed by atoms with Crippen molar-refractivity contribution in [2.45, 2.75) is 19.4 Å². The highest BCUT2D eigenvalue weighted by Gasteiger charge is 2.23. The molecule has 154 valence electrons. The van der Waals surface area contributed by atoms with Crippen molar-refractivity contribution < 1.29 is 28.7 Å². The number of nitrogens with one attached hydrogen (secondary N) is 1. The Balaban J connectivity index is 2.36. The van der Waals surface area contributed by atoms with E-state index >= 15 is 0 Å². The van der Waals surface area contributed by atoms with E-state index in [9.17, 15) is 19.7 Å². The molecule has 29 heavy (non-hydrogen) atoms. The van der Waals surface area contributed by atoms with Crippen molar-refractivity contribution in [1.82, 2.24) is 5.32 Å². The van der Waals surface area contributed by atoms with Crippen LogP contribution in [0.25, 0.3) is 0 Å². The van der Waals surface area contributed by atoms with E-state index in [1.54, 1.807) is 25.1 Å². The number of esters is 1. The van der Waals surface area contributed by atoms with Crippen molar-refractivity contribution >= 4 is 17.6 Å². The molecule has 9 heteroatoms. The van der Waals surface area contributed by atoms with Crippen molar-refractivity contribution in [2.24, 2.45) is 0 Å². The van der Waals surface area contributed by atoms with Crippen LogP contribution in [-0.2, 0) is 9.53 Å². The summed E-state index contributed by atoms with van der Waals surface area (Å²) in [7, 11) is 4.22. The predicted octanol–water partition coefficient (Wildman–Crippen LogP) is 2.95. The van der Waals surface area contributed by atoms with E-state index in [-0.39, 0.29) is 17.7 Å². The van der Waals surface area contributed by atoms with Crippen molar-refractivity contribution in [3.63, 3.8) is 0 Å². The molecule has 0 spiro atoms. The van der Waals surface area contributed by atoms with Crippen LogP contribution in [0, 0.1) is 17.0 Å². The zero-order chi connectivity index (χ0) is 21.6. The Morgan fingerprint density at radius 1 is 1.07 bits per heavy atom. The van der Waals surface area contributed by atoms with E-state index in [4.69, 9.17) is 14.2 Å². The number of hydrogen-bond acceptors (Lipinski definition) is 7. The van der Waals surface area contributed by atoms with E-state index in [2.05, 4.69) is 5.32 Å². The van der Waals surface area contributed by atoms with Gasteiger partial charge >= 0.3 is 5.97 Å². The lowest BCUT2D eigenvalue weighted by atomic mass is 10.0. The molecule has 0 heterocycles. The lowest BCUT2D eigenvalue weighted by molar-refractivity contribution is -0.385. The van der Waals surface area contributed by atoms with Crippen LogP contribution in [0.15, 0.2) is 36.4 Å². The molecule has 1 N–H and O–H groups in total. The Labute approximate surface area is 167 Å². The van der Waals surface area contributed by atoms with Gasteiger partial charge in [0.2, 0.25) is 0 Å². The molecule has 0 bridgehead atoms. The third-order valence-electron chi connectivity index (χ3n) is 4.38. The molecule has 0 radical (unpaired) electrons. The normalized spacial score (nSPS) is 11.3. The first-order valence-corrected chi connectivity index (χ1v) is 8.65. The maximum Gasteiger partial charge on any atom is 0.307 e. The fourth-order valence-electron chi connectivity index (χ4n) is 2.76. The molecular weight excluding hydrogens is 380 g/mol. The van der Waals surface area contributed by atoms with Crippen molar-refractivity contribution in [1.29, 1.82) is 0 Å².